The SMILES string of the molecule is Cc1ccc(S(=O)(=O)N2CCCCC2)cc1NC(=S)NC[C@H]1CCCO1. The Morgan fingerprint density at radius 1 is 1.27 bits per heavy atom. The summed E-state index contributed by atoms with van der Waals surface area (Å²) in [6.45, 7) is 4.60. The molecule has 1 atom stereocenters. The lowest BCUT2D eigenvalue weighted by Gasteiger charge is -2.26. The molecule has 2 saturated heterocycles. The van der Waals surface area contributed by atoms with Crippen molar-refractivity contribution in [2.75, 3.05) is 31.6 Å². The number of nitrogens with zero attached hydrogens (tertiary/aromatic N) is 1. The third-order valence-corrected chi connectivity index (χ3v) is 7.07. The molecule has 1 aromatic rings. The van der Waals surface area contributed by atoms with Gasteiger partial charge in [-0.15, -0.1) is 0 Å². The number of benzene rings is 1. The van der Waals surface area contributed by atoms with Gasteiger partial charge in [-0.1, -0.05) is 12.5 Å². The van der Waals surface area contributed by atoms with E-state index in [9.17, 15) is 8.42 Å². The Labute approximate surface area is 161 Å². The van der Waals surface area contributed by atoms with E-state index in [-0.39, 0.29) is 6.10 Å². The zero-order valence-corrected chi connectivity index (χ0v) is 16.8. The summed E-state index contributed by atoms with van der Waals surface area (Å²) in [5.74, 6) is 0. The van der Waals surface area contributed by atoms with Crippen LogP contribution in [0.1, 0.15) is 37.7 Å². The monoisotopic (exact) mass is 397 g/mol. The topological polar surface area (TPSA) is 70.7 Å². The minimum Gasteiger partial charge on any atom is -0.376 e. The number of rotatable bonds is 5. The van der Waals surface area contributed by atoms with Gasteiger partial charge in [0.1, 0.15) is 0 Å². The average molecular weight is 398 g/mol. The molecule has 2 N–H and O–H groups in total. The first-order valence-corrected chi connectivity index (χ1v) is 11.1. The van der Waals surface area contributed by atoms with E-state index in [2.05, 4.69) is 10.6 Å². The molecule has 1 aromatic carbocycles. The molecular weight excluding hydrogens is 370 g/mol. The molecule has 3 rings (SSSR count). The summed E-state index contributed by atoms with van der Waals surface area (Å²) in [5.41, 5.74) is 1.66. The van der Waals surface area contributed by atoms with E-state index in [0.29, 0.717) is 35.3 Å². The number of ether oxygens (including phenoxy) is 1. The van der Waals surface area contributed by atoms with Crippen molar-refractivity contribution in [2.45, 2.75) is 50.0 Å². The minimum absolute atomic E-state index is 0.196. The molecule has 0 aromatic heterocycles. The number of thiocarbonyl (C=S) groups is 1. The summed E-state index contributed by atoms with van der Waals surface area (Å²) in [7, 11) is -3.45. The molecule has 26 heavy (non-hydrogen) atoms. The largest absolute Gasteiger partial charge is 0.376 e. The van der Waals surface area contributed by atoms with Crippen LogP contribution in [0.25, 0.3) is 0 Å². The Bertz CT molecular complexity index is 740. The second-order valence-corrected chi connectivity index (χ2v) is 9.26. The third kappa shape index (κ3) is 4.73. The van der Waals surface area contributed by atoms with Gasteiger partial charge in [0, 0.05) is 31.9 Å². The van der Waals surface area contributed by atoms with Gasteiger partial charge in [0.15, 0.2) is 5.11 Å². The van der Waals surface area contributed by atoms with Crippen LogP contribution in [0.4, 0.5) is 5.69 Å². The maximum absolute atomic E-state index is 12.9. The highest BCUT2D eigenvalue weighted by atomic mass is 32.2. The van der Waals surface area contributed by atoms with E-state index in [1.165, 1.54) is 0 Å². The van der Waals surface area contributed by atoms with Crippen LogP contribution in [0.15, 0.2) is 23.1 Å². The van der Waals surface area contributed by atoms with Gasteiger partial charge in [-0.2, -0.15) is 4.31 Å². The Morgan fingerprint density at radius 3 is 2.73 bits per heavy atom. The first-order chi connectivity index (χ1) is 12.5. The molecule has 0 radical (unpaired) electrons. The molecule has 0 unspecified atom stereocenters. The maximum atomic E-state index is 12.9. The number of hydrogen-bond donors (Lipinski definition) is 2. The lowest BCUT2D eigenvalue weighted by Crippen LogP contribution is -2.36. The van der Waals surface area contributed by atoms with Crippen LogP contribution < -0.4 is 10.6 Å². The highest BCUT2D eigenvalue weighted by molar-refractivity contribution is 7.89. The van der Waals surface area contributed by atoms with Crippen molar-refractivity contribution in [3.8, 4) is 0 Å². The molecule has 8 heteroatoms. The van der Waals surface area contributed by atoms with Gasteiger partial charge < -0.3 is 15.4 Å². The van der Waals surface area contributed by atoms with Crippen molar-refractivity contribution < 1.29 is 13.2 Å². The van der Waals surface area contributed by atoms with Gasteiger partial charge >= 0.3 is 0 Å². The molecule has 2 aliphatic rings. The van der Waals surface area contributed by atoms with Gasteiger partial charge in [-0.25, -0.2) is 8.42 Å². The highest BCUT2D eigenvalue weighted by Crippen LogP contribution is 2.25. The Morgan fingerprint density at radius 2 is 2.04 bits per heavy atom. The first-order valence-electron chi connectivity index (χ1n) is 9.24. The van der Waals surface area contributed by atoms with Crippen LogP contribution in [0.5, 0.6) is 0 Å². The summed E-state index contributed by atoms with van der Waals surface area (Å²) in [6, 6.07) is 5.18. The molecule has 0 amide bonds. The normalized spacial score (nSPS) is 21.5. The molecule has 2 heterocycles. The number of aryl methyl sites for hydroxylation is 1. The van der Waals surface area contributed by atoms with Crippen molar-refractivity contribution in [3.63, 3.8) is 0 Å². The van der Waals surface area contributed by atoms with Crippen LogP contribution in [-0.2, 0) is 14.8 Å². The summed E-state index contributed by atoms with van der Waals surface area (Å²) < 4.78 is 32.9. The molecule has 6 nitrogen and oxygen atoms in total. The van der Waals surface area contributed by atoms with Crippen molar-refractivity contribution in [3.05, 3.63) is 23.8 Å². The predicted octanol–water partition coefficient (Wildman–Crippen LogP) is 2.64. The second kappa shape index (κ2) is 8.65. The molecule has 0 saturated carbocycles. The van der Waals surface area contributed by atoms with Crippen molar-refractivity contribution in [1.82, 2.24) is 9.62 Å². The first kappa shape index (κ1) is 19.5. The lowest BCUT2D eigenvalue weighted by atomic mass is 10.2. The van der Waals surface area contributed by atoms with E-state index in [1.54, 1.807) is 16.4 Å². The van der Waals surface area contributed by atoms with E-state index in [0.717, 1.165) is 44.3 Å². The maximum Gasteiger partial charge on any atom is 0.243 e. The van der Waals surface area contributed by atoms with Crippen LogP contribution >= 0.6 is 12.2 Å². The fraction of sp³-hybridized carbons (Fsp3) is 0.611. The fourth-order valence-electron chi connectivity index (χ4n) is 3.33. The summed E-state index contributed by atoms with van der Waals surface area (Å²) in [4.78, 5) is 0.314. The van der Waals surface area contributed by atoms with Crippen molar-refractivity contribution in [2.24, 2.45) is 0 Å². The quantitative estimate of drug-likeness (QED) is 0.745. The molecule has 2 aliphatic heterocycles. The number of sulfonamides is 1. The predicted molar refractivity (Wildman–Crippen MR) is 107 cm³/mol. The van der Waals surface area contributed by atoms with Crippen molar-refractivity contribution >= 4 is 33.0 Å². The van der Waals surface area contributed by atoms with Gasteiger partial charge in [0.25, 0.3) is 0 Å². The average Bonchev–Trinajstić information content (AvgIpc) is 3.16. The molecule has 0 bridgehead atoms. The number of anilines is 1. The second-order valence-electron chi connectivity index (χ2n) is 6.91. The Kier molecular flexibility index (Phi) is 6.50. The molecule has 2 fully saturated rings. The molecule has 0 aliphatic carbocycles. The van der Waals surface area contributed by atoms with Crippen molar-refractivity contribution in [1.29, 1.82) is 0 Å². The van der Waals surface area contributed by atoms with Gasteiger partial charge in [0.05, 0.1) is 11.0 Å². The summed E-state index contributed by atoms with van der Waals surface area (Å²) in [5, 5.41) is 6.77. The van der Waals surface area contributed by atoms with Crippen LogP contribution in [0.2, 0.25) is 0 Å². The number of nitrogens with one attached hydrogen (secondary N) is 2. The summed E-state index contributed by atoms with van der Waals surface area (Å²) >= 11 is 5.35. The van der Waals surface area contributed by atoms with Crippen LogP contribution in [0, 0.1) is 6.92 Å². The van der Waals surface area contributed by atoms with E-state index in [4.69, 9.17) is 17.0 Å². The van der Waals surface area contributed by atoms with Gasteiger partial charge in [0.2, 0.25) is 10.0 Å². The fourth-order valence-corrected chi connectivity index (χ4v) is 5.07. The standard InChI is InChI=1S/C18H27N3O3S2/c1-14-7-8-16(26(22,23)21-9-3-2-4-10-21)12-17(14)20-18(25)19-13-15-6-5-11-24-15/h7-8,12,15H,2-6,9-11,13H2,1H3,(H2,19,20,25)/t15-/m1/s1. The zero-order chi connectivity index (χ0) is 18.6. The van der Waals surface area contributed by atoms with E-state index < -0.39 is 10.0 Å². The van der Waals surface area contributed by atoms with Gasteiger partial charge in [-0.05, 0) is 62.5 Å². The van der Waals surface area contributed by atoms with E-state index >= 15 is 0 Å². The Hall–Kier alpha value is -1.22. The third-order valence-electron chi connectivity index (χ3n) is 4.92. The molecule has 144 valence electrons. The van der Waals surface area contributed by atoms with E-state index in [1.807, 2.05) is 13.0 Å². The lowest BCUT2D eigenvalue weighted by molar-refractivity contribution is 0.114. The van der Waals surface area contributed by atoms with Crippen LogP contribution in [0.3, 0.4) is 0 Å². The smallest absolute Gasteiger partial charge is 0.243 e. The minimum atomic E-state index is -3.45. The number of piperidine rings is 1. The Balaban J connectivity index is 1.67. The highest BCUT2D eigenvalue weighted by Gasteiger charge is 2.26. The summed E-state index contributed by atoms with van der Waals surface area (Å²) in [6.07, 6.45) is 5.26. The molecule has 0 spiro atoms. The molecular formula is C18H27N3O3S2. The number of hydrogen-bond acceptors (Lipinski definition) is 4. The van der Waals surface area contributed by atoms with Gasteiger partial charge in [-0.3, -0.25) is 0 Å². The van der Waals surface area contributed by atoms with Crippen LogP contribution in [-0.4, -0.2) is 50.2 Å². The zero-order valence-electron chi connectivity index (χ0n) is 15.2.